The van der Waals surface area contributed by atoms with Gasteiger partial charge in [0.15, 0.2) is 5.13 Å². The zero-order valence-corrected chi connectivity index (χ0v) is 12.3. The molecule has 0 saturated carbocycles. The number of carbonyl (C=O) groups is 1. The van der Waals surface area contributed by atoms with E-state index in [0.29, 0.717) is 10.9 Å². The summed E-state index contributed by atoms with van der Waals surface area (Å²) in [6.07, 6.45) is 0. The lowest BCUT2D eigenvalue weighted by Gasteiger charge is -2.04. The van der Waals surface area contributed by atoms with E-state index in [1.54, 1.807) is 7.11 Å². The highest BCUT2D eigenvalue weighted by molar-refractivity contribution is 8.00. The average Bonchev–Trinajstić information content (AvgIpc) is 2.82. The molecule has 0 aliphatic carbocycles. The molecule has 0 bridgehead atoms. The SMILES string of the molecule is COc1cccc(SCC(=O)Nc2nc(C)cs2)c1. The predicted octanol–water partition coefficient (Wildman–Crippen LogP) is 3.19. The molecule has 2 aromatic rings. The van der Waals surface area contributed by atoms with Crippen molar-refractivity contribution >= 4 is 34.1 Å². The largest absolute Gasteiger partial charge is 0.497 e. The van der Waals surface area contributed by atoms with Crippen LogP contribution in [0.2, 0.25) is 0 Å². The van der Waals surface area contributed by atoms with Crippen LogP contribution in [0.15, 0.2) is 34.5 Å². The lowest BCUT2D eigenvalue weighted by molar-refractivity contribution is -0.113. The van der Waals surface area contributed by atoms with E-state index in [9.17, 15) is 4.79 Å². The van der Waals surface area contributed by atoms with Gasteiger partial charge in [-0.05, 0) is 25.1 Å². The minimum absolute atomic E-state index is 0.0535. The molecule has 4 nitrogen and oxygen atoms in total. The third kappa shape index (κ3) is 4.25. The van der Waals surface area contributed by atoms with Crippen LogP contribution in [0.25, 0.3) is 0 Å². The highest BCUT2D eigenvalue weighted by Gasteiger charge is 2.06. The Morgan fingerprint density at radius 2 is 2.37 bits per heavy atom. The summed E-state index contributed by atoms with van der Waals surface area (Å²) >= 11 is 2.90. The van der Waals surface area contributed by atoms with E-state index >= 15 is 0 Å². The Morgan fingerprint density at radius 1 is 1.53 bits per heavy atom. The molecule has 1 aromatic heterocycles. The number of anilines is 1. The van der Waals surface area contributed by atoms with E-state index in [4.69, 9.17) is 4.74 Å². The summed E-state index contributed by atoms with van der Waals surface area (Å²) in [4.78, 5) is 16.9. The number of amides is 1. The Morgan fingerprint density at radius 3 is 3.05 bits per heavy atom. The second kappa shape index (κ2) is 6.58. The van der Waals surface area contributed by atoms with E-state index in [0.717, 1.165) is 16.3 Å². The summed E-state index contributed by atoms with van der Waals surface area (Å²) in [5.41, 5.74) is 0.917. The van der Waals surface area contributed by atoms with Crippen molar-refractivity contribution < 1.29 is 9.53 Å². The molecule has 19 heavy (non-hydrogen) atoms. The number of benzene rings is 1. The maximum atomic E-state index is 11.8. The molecular weight excluding hydrogens is 280 g/mol. The van der Waals surface area contributed by atoms with Crippen molar-refractivity contribution in [3.8, 4) is 5.75 Å². The number of carbonyl (C=O) groups excluding carboxylic acids is 1. The smallest absolute Gasteiger partial charge is 0.236 e. The summed E-state index contributed by atoms with van der Waals surface area (Å²) in [5, 5.41) is 5.33. The Balaban J connectivity index is 1.86. The average molecular weight is 294 g/mol. The fourth-order valence-electron chi connectivity index (χ4n) is 1.41. The zero-order valence-electron chi connectivity index (χ0n) is 10.7. The van der Waals surface area contributed by atoms with Crippen molar-refractivity contribution in [3.63, 3.8) is 0 Å². The van der Waals surface area contributed by atoms with Gasteiger partial charge >= 0.3 is 0 Å². The summed E-state index contributed by atoms with van der Waals surface area (Å²) < 4.78 is 5.14. The third-order valence-electron chi connectivity index (χ3n) is 2.28. The Hall–Kier alpha value is -1.53. The number of ether oxygens (including phenoxy) is 1. The van der Waals surface area contributed by atoms with Gasteiger partial charge in [-0.1, -0.05) is 6.07 Å². The minimum Gasteiger partial charge on any atom is -0.497 e. The van der Waals surface area contributed by atoms with E-state index in [1.807, 2.05) is 36.6 Å². The number of aryl methyl sites for hydroxylation is 1. The van der Waals surface area contributed by atoms with Crippen molar-refractivity contribution in [1.82, 2.24) is 4.98 Å². The van der Waals surface area contributed by atoms with Gasteiger partial charge in [-0.25, -0.2) is 4.98 Å². The second-order valence-electron chi connectivity index (χ2n) is 3.81. The molecule has 2 rings (SSSR count). The van der Waals surface area contributed by atoms with Crippen LogP contribution in [0.1, 0.15) is 5.69 Å². The van der Waals surface area contributed by atoms with Gasteiger partial charge < -0.3 is 10.1 Å². The monoisotopic (exact) mass is 294 g/mol. The highest BCUT2D eigenvalue weighted by atomic mass is 32.2. The number of methoxy groups -OCH3 is 1. The topological polar surface area (TPSA) is 51.2 Å². The van der Waals surface area contributed by atoms with Crippen LogP contribution >= 0.6 is 23.1 Å². The molecule has 1 N–H and O–H groups in total. The van der Waals surface area contributed by atoms with Gasteiger partial charge in [-0.2, -0.15) is 0 Å². The van der Waals surface area contributed by atoms with Gasteiger partial charge in [-0.15, -0.1) is 23.1 Å². The maximum absolute atomic E-state index is 11.8. The van der Waals surface area contributed by atoms with Gasteiger partial charge in [0.1, 0.15) is 5.75 Å². The number of nitrogens with zero attached hydrogens (tertiary/aromatic N) is 1. The predicted molar refractivity (Wildman–Crippen MR) is 79.2 cm³/mol. The minimum atomic E-state index is -0.0535. The molecule has 0 unspecified atom stereocenters. The molecule has 0 fully saturated rings. The quantitative estimate of drug-likeness (QED) is 0.860. The maximum Gasteiger partial charge on any atom is 0.236 e. The highest BCUT2D eigenvalue weighted by Crippen LogP contribution is 2.23. The van der Waals surface area contributed by atoms with Crippen LogP contribution in [0.3, 0.4) is 0 Å². The molecule has 0 spiro atoms. The summed E-state index contributed by atoms with van der Waals surface area (Å²) in [6, 6.07) is 7.64. The van der Waals surface area contributed by atoms with Crippen LogP contribution in [-0.2, 0) is 4.79 Å². The number of hydrogen-bond acceptors (Lipinski definition) is 5. The van der Waals surface area contributed by atoms with Crippen molar-refractivity contribution in [3.05, 3.63) is 35.3 Å². The van der Waals surface area contributed by atoms with Crippen LogP contribution in [-0.4, -0.2) is 23.8 Å². The molecule has 0 saturated heterocycles. The van der Waals surface area contributed by atoms with Gasteiger partial charge in [0, 0.05) is 10.3 Å². The standard InChI is InChI=1S/C13H14N2O2S2/c1-9-7-19-13(14-9)15-12(16)8-18-11-5-3-4-10(6-11)17-2/h3-7H,8H2,1-2H3,(H,14,15,16). The van der Waals surface area contributed by atoms with Crippen molar-refractivity contribution in [2.45, 2.75) is 11.8 Å². The van der Waals surface area contributed by atoms with Gasteiger partial charge in [-0.3, -0.25) is 4.79 Å². The van der Waals surface area contributed by atoms with Crippen LogP contribution in [0.4, 0.5) is 5.13 Å². The van der Waals surface area contributed by atoms with E-state index in [2.05, 4.69) is 10.3 Å². The lowest BCUT2D eigenvalue weighted by Crippen LogP contribution is -2.13. The number of aromatic nitrogens is 1. The second-order valence-corrected chi connectivity index (χ2v) is 5.72. The lowest BCUT2D eigenvalue weighted by atomic mass is 10.3. The van der Waals surface area contributed by atoms with Crippen molar-refractivity contribution in [2.24, 2.45) is 0 Å². The van der Waals surface area contributed by atoms with Crippen LogP contribution in [0.5, 0.6) is 5.75 Å². The molecule has 100 valence electrons. The fraction of sp³-hybridized carbons (Fsp3) is 0.231. The molecule has 0 atom stereocenters. The van der Waals surface area contributed by atoms with Crippen LogP contribution in [0, 0.1) is 6.92 Å². The fourth-order valence-corrected chi connectivity index (χ4v) is 2.86. The molecular formula is C13H14N2O2S2. The molecule has 6 heteroatoms. The first-order valence-corrected chi connectivity index (χ1v) is 7.53. The van der Waals surface area contributed by atoms with Gasteiger partial charge in [0.05, 0.1) is 18.6 Å². The first kappa shape index (κ1) is 13.9. The Kier molecular flexibility index (Phi) is 4.81. The van der Waals surface area contributed by atoms with Crippen molar-refractivity contribution in [1.29, 1.82) is 0 Å². The Bertz CT molecular complexity index is 569. The number of thiazole rings is 1. The van der Waals surface area contributed by atoms with E-state index < -0.39 is 0 Å². The van der Waals surface area contributed by atoms with E-state index in [-0.39, 0.29) is 5.91 Å². The third-order valence-corrected chi connectivity index (χ3v) is 4.15. The molecule has 1 amide bonds. The summed E-state index contributed by atoms with van der Waals surface area (Å²) in [7, 11) is 1.63. The summed E-state index contributed by atoms with van der Waals surface area (Å²) in [5.74, 6) is 1.09. The van der Waals surface area contributed by atoms with Gasteiger partial charge in [0.2, 0.25) is 5.91 Å². The first-order chi connectivity index (χ1) is 9.17. The molecule has 0 aliphatic heterocycles. The van der Waals surface area contributed by atoms with Crippen molar-refractivity contribution in [2.75, 3.05) is 18.2 Å². The van der Waals surface area contributed by atoms with Gasteiger partial charge in [0.25, 0.3) is 0 Å². The number of nitrogens with one attached hydrogen (secondary N) is 1. The summed E-state index contributed by atoms with van der Waals surface area (Å²) in [6.45, 7) is 1.90. The molecule has 0 radical (unpaired) electrons. The normalized spacial score (nSPS) is 10.2. The Labute approximate surface area is 120 Å². The molecule has 0 aliphatic rings. The molecule has 1 heterocycles. The number of thioether (sulfide) groups is 1. The van der Waals surface area contributed by atoms with Crippen LogP contribution < -0.4 is 10.1 Å². The number of rotatable bonds is 5. The van der Waals surface area contributed by atoms with E-state index in [1.165, 1.54) is 23.1 Å². The molecule has 1 aromatic carbocycles. The first-order valence-electron chi connectivity index (χ1n) is 5.66. The zero-order chi connectivity index (χ0) is 13.7. The number of hydrogen-bond donors (Lipinski definition) is 1.